The van der Waals surface area contributed by atoms with E-state index in [9.17, 15) is 5.11 Å². The molecular formula is C16H24N2O. The second-order valence-electron chi connectivity index (χ2n) is 6.45. The molecule has 19 heavy (non-hydrogen) atoms. The van der Waals surface area contributed by atoms with Crippen LogP contribution in [0.15, 0.2) is 24.3 Å². The molecule has 1 aromatic carbocycles. The van der Waals surface area contributed by atoms with Gasteiger partial charge >= 0.3 is 0 Å². The van der Waals surface area contributed by atoms with Crippen molar-refractivity contribution in [3.05, 3.63) is 35.4 Å². The fourth-order valence-electron chi connectivity index (χ4n) is 3.98. The van der Waals surface area contributed by atoms with Crippen LogP contribution < -0.4 is 5.73 Å². The van der Waals surface area contributed by atoms with Crippen molar-refractivity contribution in [2.45, 2.75) is 31.3 Å². The number of aryl methyl sites for hydroxylation is 1. The summed E-state index contributed by atoms with van der Waals surface area (Å²) in [5.74, 6) is 0. The first-order chi connectivity index (χ1) is 9.09. The topological polar surface area (TPSA) is 49.5 Å². The van der Waals surface area contributed by atoms with E-state index in [1.54, 1.807) is 0 Å². The van der Waals surface area contributed by atoms with E-state index in [1.165, 1.54) is 11.1 Å². The van der Waals surface area contributed by atoms with E-state index < -0.39 is 5.60 Å². The van der Waals surface area contributed by atoms with Crippen LogP contribution >= 0.6 is 0 Å². The summed E-state index contributed by atoms with van der Waals surface area (Å²) in [4.78, 5) is 2.22. The van der Waals surface area contributed by atoms with Crippen LogP contribution in [0.5, 0.6) is 0 Å². The zero-order chi connectivity index (χ0) is 13.5. The predicted molar refractivity (Wildman–Crippen MR) is 77.0 cm³/mol. The highest BCUT2D eigenvalue weighted by Crippen LogP contribution is 2.46. The van der Waals surface area contributed by atoms with Gasteiger partial charge in [-0.05, 0) is 43.9 Å². The molecule has 2 unspecified atom stereocenters. The maximum Gasteiger partial charge on any atom is 0.0857 e. The number of likely N-dealkylation sites (N-methyl/N-ethyl adjacent to an activating group) is 1. The van der Waals surface area contributed by atoms with E-state index in [0.29, 0.717) is 6.54 Å². The lowest BCUT2D eigenvalue weighted by atomic mass is 9.61. The summed E-state index contributed by atoms with van der Waals surface area (Å²) in [5, 5.41) is 11.1. The van der Waals surface area contributed by atoms with Gasteiger partial charge in [-0.2, -0.15) is 0 Å². The fraction of sp³-hybridized carbons (Fsp3) is 0.625. The van der Waals surface area contributed by atoms with Gasteiger partial charge in [-0.25, -0.2) is 0 Å². The minimum Gasteiger partial charge on any atom is -0.388 e. The maximum atomic E-state index is 11.1. The Labute approximate surface area is 115 Å². The molecule has 0 aromatic heterocycles. The Morgan fingerprint density at radius 1 is 1.26 bits per heavy atom. The van der Waals surface area contributed by atoms with E-state index in [2.05, 4.69) is 36.2 Å². The van der Waals surface area contributed by atoms with Gasteiger partial charge in [0.05, 0.1) is 5.60 Å². The molecule has 2 aliphatic rings. The molecule has 0 saturated carbocycles. The molecule has 3 N–H and O–H groups in total. The van der Waals surface area contributed by atoms with E-state index in [1.807, 2.05) is 0 Å². The first kappa shape index (κ1) is 13.1. The summed E-state index contributed by atoms with van der Waals surface area (Å²) in [6.07, 6.45) is 3.82. The van der Waals surface area contributed by atoms with Gasteiger partial charge in [-0.1, -0.05) is 24.3 Å². The molecule has 3 heteroatoms. The average molecular weight is 260 g/mol. The molecule has 0 amide bonds. The summed E-state index contributed by atoms with van der Waals surface area (Å²) in [5.41, 5.74) is 8.17. The first-order valence-corrected chi connectivity index (χ1v) is 7.26. The van der Waals surface area contributed by atoms with E-state index in [-0.39, 0.29) is 5.41 Å². The van der Waals surface area contributed by atoms with Crippen LogP contribution in [0.2, 0.25) is 0 Å². The van der Waals surface area contributed by atoms with Crippen molar-refractivity contribution in [1.82, 2.24) is 4.90 Å². The molecule has 104 valence electrons. The Bertz CT molecular complexity index is 476. The van der Waals surface area contributed by atoms with Gasteiger partial charge in [0.2, 0.25) is 0 Å². The minimum absolute atomic E-state index is 0.147. The van der Waals surface area contributed by atoms with Crippen LogP contribution in [0.1, 0.15) is 24.0 Å². The molecule has 1 fully saturated rings. The predicted octanol–water partition coefficient (Wildman–Crippen LogP) is 1.19. The number of hydrogen-bond acceptors (Lipinski definition) is 3. The smallest absolute Gasteiger partial charge is 0.0857 e. The maximum absolute atomic E-state index is 11.1. The number of likely N-dealkylation sites (tertiary alicyclic amines) is 1. The lowest BCUT2D eigenvalue weighted by molar-refractivity contribution is -0.0781. The normalized spacial score (nSPS) is 35.3. The molecule has 0 radical (unpaired) electrons. The Balaban J connectivity index is 1.94. The molecule has 1 saturated heterocycles. The Kier molecular flexibility index (Phi) is 3.16. The Morgan fingerprint density at radius 3 is 2.63 bits per heavy atom. The largest absolute Gasteiger partial charge is 0.388 e. The van der Waals surface area contributed by atoms with Gasteiger partial charge < -0.3 is 15.7 Å². The summed E-state index contributed by atoms with van der Waals surface area (Å²) in [6.45, 7) is 2.30. The number of hydrogen-bond donors (Lipinski definition) is 2. The molecule has 0 bridgehead atoms. The summed E-state index contributed by atoms with van der Waals surface area (Å²) in [7, 11) is 2.08. The molecule has 1 aliphatic carbocycles. The molecule has 1 aromatic rings. The van der Waals surface area contributed by atoms with Crippen molar-refractivity contribution in [3.8, 4) is 0 Å². The standard InChI is InChI=1S/C16H24N2O/c1-18-9-8-16(19,12-18)15(11-17)7-6-13-4-2-3-5-14(13)10-15/h2-5,19H,6-12,17H2,1H3. The van der Waals surface area contributed by atoms with Gasteiger partial charge in [0, 0.05) is 25.0 Å². The molecule has 3 rings (SSSR count). The highest BCUT2D eigenvalue weighted by atomic mass is 16.3. The quantitative estimate of drug-likeness (QED) is 0.840. The lowest BCUT2D eigenvalue weighted by Crippen LogP contribution is -2.56. The fourth-order valence-corrected chi connectivity index (χ4v) is 3.98. The first-order valence-electron chi connectivity index (χ1n) is 7.26. The van der Waals surface area contributed by atoms with Crippen LogP contribution in [0, 0.1) is 5.41 Å². The van der Waals surface area contributed by atoms with Gasteiger partial charge in [-0.3, -0.25) is 0 Å². The highest BCUT2D eigenvalue weighted by Gasteiger charge is 2.53. The second-order valence-corrected chi connectivity index (χ2v) is 6.45. The molecule has 2 atom stereocenters. The number of nitrogens with two attached hydrogens (primary N) is 1. The van der Waals surface area contributed by atoms with Crippen LogP contribution in [0.3, 0.4) is 0 Å². The van der Waals surface area contributed by atoms with Gasteiger partial charge in [0.25, 0.3) is 0 Å². The highest BCUT2D eigenvalue weighted by molar-refractivity contribution is 5.32. The molecule has 3 nitrogen and oxygen atoms in total. The van der Waals surface area contributed by atoms with Crippen molar-refractivity contribution in [1.29, 1.82) is 0 Å². The van der Waals surface area contributed by atoms with Crippen LogP contribution in [-0.4, -0.2) is 42.3 Å². The minimum atomic E-state index is -0.621. The Morgan fingerprint density at radius 2 is 2.00 bits per heavy atom. The van der Waals surface area contributed by atoms with E-state index >= 15 is 0 Å². The number of rotatable bonds is 2. The van der Waals surface area contributed by atoms with E-state index in [4.69, 9.17) is 5.73 Å². The van der Waals surface area contributed by atoms with Crippen molar-refractivity contribution >= 4 is 0 Å². The number of nitrogens with zero attached hydrogens (tertiary/aromatic N) is 1. The second kappa shape index (κ2) is 4.58. The third kappa shape index (κ3) is 2.00. The third-order valence-corrected chi connectivity index (χ3v) is 5.34. The number of benzene rings is 1. The SMILES string of the molecule is CN1CCC(O)(C2(CN)CCc3ccccc3C2)C1. The zero-order valence-corrected chi connectivity index (χ0v) is 11.7. The van der Waals surface area contributed by atoms with Gasteiger partial charge in [-0.15, -0.1) is 0 Å². The number of β-amino-alcohol motifs (C(OH)–C–C–N with tert-alkyl or cyclic N) is 1. The van der Waals surface area contributed by atoms with Crippen molar-refractivity contribution in [2.24, 2.45) is 11.1 Å². The molecule has 1 aliphatic heterocycles. The summed E-state index contributed by atoms with van der Waals surface area (Å²) in [6, 6.07) is 8.60. The van der Waals surface area contributed by atoms with Gasteiger partial charge in [0.1, 0.15) is 0 Å². The Hall–Kier alpha value is -0.900. The molecule has 0 spiro atoms. The van der Waals surface area contributed by atoms with Crippen molar-refractivity contribution in [2.75, 3.05) is 26.7 Å². The van der Waals surface area contributed by atoms with Crippen LogP contribution in [0.25, 0.3) is 0 Å². The van der Waals surface area contributed by atoms with Crippen LogP contribution in [0.4, 0.5) is 0 Å². The molecule has 1 heterocycles. The number of fused-ring (bicyclic) bond motifs is 1. The third-order valence-electron chi connectivity index (χ3n) is 5.34. The van der Waals surface area contributed by atoms with Crippen molar-refractivity contribution < 1.29 is 5.11 Å². The average Bonchev–Trinajstić information content (AvgIpc) is 2.79. The summed E-state index contributed by atoms with van der Waals surface area (Å²) < 4.78 is 0. The van der Waals surface area contributed by atoms with E-state index in [0.717, 1.165) is 38.8 Å². The van der Waals surface area contributed by atoms with Crippen LogP contribution in [-0.2, 0) is 12.8 Å². The zero-order valence-electron chi connectivity index (χ0n) is 11.7. The lowest BCUT2D eigenvalue weighted by Gasteiger charge is -2.47. The molecular weight excluding hydrogens is 236 g/mol. The summed E-state index contributed by atoms with van der Waals surface area (Å²) >= 11 is 0. The van der Waals surface area contributed by atoms with Crippen molar-refractivity contribution in [3.63, 3.8) is 0 Å². The van der Waals surface area contributed by atoms with Gasteiger partial charge in [0.15, 0.2) is 0 Å². The monoisotopic (exact) mass is 260 g/mol. The number of aliphatic hydroxyl groups is 1.